The molecule has 1 atom stereocenters. The van der Waals surface area contributed by atoms with E-state index in [1.165, 1.54) is 16.4 Å². The Balaban J connectivity index is 1.41. The summed E-state index contributed by atoms with van der Waals surface area (Å²) in [6, 6.07) is 15.2. The Labute approximate surface area is 221 Å². The average Bonchev–Trinajstić information content (AvgIpc) is 3.59. The number of rotatable bonds is 13. The molecule has 3 aromatic rings. The number of halogens is 1. The number of benzene rings is 2. The monoisotopic (exact) mass is 524 g/mol. The lowest BCUT2D eigenvalue weighted by atomic mass is 10.1. The molecule has 2 amide bonds. The Morgan fingerprint density at radius 3 is 2.74 bits per heavy atom. The Kier molecular flexibility index (Phi) is 9.77. The zero-order chi connectivity index (χ0) is 26.7. The third kappa shape index (κ3) is 7.36. The first-order valence-electron chi connectivity index (χ1n) is 12.8. The Morgan fingerprint density at radius 2 is 1.95 bits per heavy atom. The van der Waals surface area contributed by atoms with Gasteiger partial charge in [0.05, 0.1) is 19.4 Å². The third-order valence-corrected chi connectivity index (χ3v) is 6.10. The van der Waals surface area contributed by atoms with Crippen molar-refractivity contribution >= 4 is 11.8 Å². The van der Waals surface area contributed by atoms with Crippen molar-refractivity contribution in [1.29, 1.82) is 0 Å². The van der Waals surface area contributed by atoms with E-state index in [2.05, 4.69) is 38.0 Å². The van der Waals surface area contributed by atoms with Gasteiger partial charge in [-0.3, -0.25) is 14.5 Å². The summed E-state index contributed by atoms with van der Waals surface area (Å²) in [5, 5.41) is 14.0. The maximum absolute atomic E-state index is 12.9. The topological polar surface area (TPSA) is 111 Å². The minimum atomic E-state index is -0.576. The first kappa shape index (κ1) is 27.2. The second kappa shape index (κ2) is 13.6. The summed E-state index contributed by atoms with van der Waals surface area (Å²) in [5.74, 6) is -0.181. The van der Waals surface area contributed by atoms with Crippen molar-refractivity contribution in [3.8, 4) is 11.4 Å². The number of carbonyl (C=O) groups excluding carboxylic acids is 2. The fourth-order valence-corrected chi connectivity index (χ4v) is 4.27. The molecule has 2 aromatic carbocycles. The highest BCUT2D eigenvalue weighted by molar-refractivity contribution is 5.95. The molecular formula is C27H33FN6O4. The van der Waals surface area contributed by atoms with E-state index in [0.29, 0.717) is 23.5 Å². The molecule has 0 spiro atoms. The van der Waals surface area contributed by atoms with Crippen LogP contribution in [0, 0.1) is 0 Å². The van der Waals surface area contributed by atoms with Crippen molar-refractivity contribution < 1.29 is 23.5 Å². The number of likely N-dealkylation sites (tertiary alicyclic amines) is 1. The molecule has 1 aliphatic heterocycles. The lowest BCUT2D eigenvalue weighted by Crippen LogP contribution is -2.37. The van der Waals surface area contributed by atoms with Gasteiger partial charge in [0.25, 0.3) is 11.8 Å². The predicted octanol–water partition coefficient (Wildman–Crippen LogP) is 2.39. The van der Waals surface area contributed by atoms with Crippen LogP contribution in [-0.4, -0.2) is 83.9 Å². The summed E-state index contributed by atoms with van der Waals surface area (Å²) >= 11 is 0. The quantitative estimate of drug-likeness (QED) is 0.331. The molecule has 0 radical (unpaired) electrons. The van der Waals surface area contributed by atoms with Gasteiger partial charge in [0, 0.05) is 37.8 Å². The van der Waals surface area contributed by atoms with Crippen LogP contribution in [0.5, 0.6) is 5.75 Å². The van der Waals surface area contributed by atoms with Crippen LogP contribution < -0.4 is 15.4 Å². The van der Waals surface area contributed by atoms with Gasteiger partial charge in [-0.25, -0.2) is 9.07 Å². The highest BCUT2D eigenvalue weighted by Gasteiger charge is 2.25. The fourth-order valence-electron chi connectivity index (χ4n) is 4.27. The standard InChI is InChI=1S/C27H33FN6O4/c1-2-29-26(35)21-8-9-24(25(16-21)38-15-14-37-13-11-28)34-19-23(31-32-34)27(36)30-22-10-12-33(18-22)17-20-6-4-3-5-7-20/h3-9,16,19,22H,2,10-15,17-18H2,1H3,(H,29,35)(H,30,36). The number of amides is 2. The van der Waals surface area contributed by atoms with Gasteiger partial charge in [0.15, 0.2) is 5.69 Å². The van der Waals surface area contributed by atoms with E-state index >= 15 is 0 Å². The Hall–Kier alpha value is -3.83. The largest absolute Gasteiger partial charge is 0.489 e. The Bertz CT molecular complexity index is 1210. The van der Waals surface area contributed by atoms with Crippen LogP contribution in [0.15, 0.2) is 54.7 Å². The first-order chi connectivity index (χ1) is 18.6. The van der Waals surface area contributed by atoms with Crippen LogP contribution in [-0.2, 0) is 11.3 Å². The number of hydrogen-bond acceptors (Lipinski definition) is 7. The average molecular weight is 525 g/mol. The summed E-state index contributed by atoms with van der Waals surface area (Å²) in [7, 11) is 0. The van der Waals surface area contributed by atoms with E-state index in [0.717, 1.165) is 26.1 Å². The summed E-state index contributed by atoms with van der Waals surface area (Å²) < 4.78 is 24.7. The van der Waals surface area contributed by atoms with Crippen molar-refractivity contribution in [2.24, 2.45) is 0 Å². The summed E-state index contributed by atoms with van der Waals surface area (Å²) in [5.41, 5.74) is 2.34. The second-order valence-corrected chi connectivity index (χ2v) is 8.92. The number of aromatic nitrogens is 3. The van der Waals surface area contributed by atoms with Crippen LogP contribution >= 0.6 is 0 Å². The highest BCUT2D eigenvalue weighted by atomic mass is 19.1. The smallest absolute Gasteiger partial charge is 0.273 e. The molecule has 0 aliphatic carbocycles. The molecule has 38 heavy (non-hydrogen) atoms. The number of nitrogens with zero attached hydrogens (tertiary/aromatic N) is 4. The zero-order valence-electron chi connectivity index (χ0n) is 21.4. The molecule has 1 aromatic heterocycles. The van der Waals surface area contributed by atoms with Gasteiger partial charge in [-0.05, 0) is 37.1 Å². The van der Waals surface area contributed by atoms with Gasteiger partial charge >= 0.3 is 0 Å². The molecule has 0 saturated carbocycles. The van der Waals surface area contributed by atoms with Gasteiger partial charge < -0.3 is 20.1 Å². The Morgan fingerprint density at radius 1 is 1.11 bits per heavy atom. The molecule has 1 unspecified atom stereocenters. The number of ether oxygens (including phenoxy) is 2. The van der Waals surface area contributed by atoms with Crippen LogP contribution in [0.4, 0.5) is 4.39 Å². The molecule has 10 nitrogen and oxygen atoms in total. The maximum atomic E-state index is 12.9. The molecule has 11 heteroatoms. The summed E-state index contributed by atoms with van der Waals surface area (Å²) in [4.78, 5) is 27.5. The number of hydrogen-bond donors (Lipinski definition) is 2. The number of nitrogens with one attached hydrogen (secondary N) is 2. The molecule has 1 aliphatic rings. The van der Waals surface area contributed by atoms with Crippen molar-refractivity contribution in [3.63, 3.8) is 0 Å². The molecule has 0 bridgehead atoms. The van der Waals surface area contributed by atoms with Gasteiger partial charge in [-0.1, -0.05) is 35.5 Å². The molecule has 4 rings (SSSR count). The third-order valence-electron chi connectivity index (χ3n) is 6.10. The number of alkyl halides is 1. The number of carbonyl (C=O) groups is 2. The van der Waals surface area contributed by atoms with Crippen molar-refractivity contribution in [3.05, 3.63) is 71.5 Å². The lowest BCUT2D eigenvalue weighted by molar-refractivity contribution is 0.0894. The first-order valence-corrected chi connectivity index (χ1v) is 12.8. The molecule has 1 saturated heterocycles. The van der Waals surface area contributed by atoms with Crippen molar-refractivity contribution in [2.75, 3.05) is 46.1 Å². The predicted molar refractivity (Wildman–Crippen MR) is 139 cm³/mol. The summed E-state index contributed by atoms with van der Waals surface area (Å²) in [6.07, 6.45) is 2.38. The van der Waals surface area contributed by atoms with Crippen LogP contribution in [0.2, 0.25) is 0 Å². The lowest BCUT2D eigenvalue weighted by Gasteiger charge is -2.16. The van der Waals surface area contributed by atoms with E-state index in [-0.39, 0.29) is 43.4 Å². The minimum absolute atomic E-state index is 0.0122. The van der Waals surface area contributed by atoms with Crippen LogP contribution in [0.3, 0.4) is 0 Å². The van der Waals surface area contributed by atoms with E-state index in [1.54, 1.807) is 18.2 Å². The van der Waals surface area contributed by atoms with Gasteiger partial charge in [-0.2, -0.15) is 0 Å². The van der Waals surface area contributed by atoms with Crippen LogP contribution in [0.25, 0.3) is 5.69 Å². The van der Waals surface area contributed by atoms with Crippen molar-refractivity contribution in [2.45, 2.75) is 25.9 Å². The molecule has 2 heterocycles. The van der Waals surface area contributed by atoms with Gasteiger partial charge in [0.2, 0.25) is 0 Å². The van der Waals surface area contributed by atoms with E-state index in [1.807, 2.05) is 25.1 Å². The molecule has 1 fully saturated rings. The fraction of sp³-hybridized carbons (Fsp3) is 0.407. The SMILES string of the molecule is CCNC(=O)c1ccc(-n2cc(C(=O)NC3CCN(Cc4ccccc4)C3)nn2)c(OCCOCCF)c1. The van der Waals surface area contributed by atoms with E-state index in [4.69, 9.17) is 9.47 Å². The molecule has 202 valence electrons. The van der Waals surface area contributed by atoms with Crippen molar-refractivity contribution in [1.82, 2.24) is 30.5 Å². The van der Waals surface area contributed by atoms with E-state index < -0.39 is 6.67 Å². The highest BCUT2D eigenvalue weighted by Crippen LogP contribution is 2.24. The van der Waals surface area contributed by atoms with Crippen LogP contribution in [0.1, 0.15) is 39.8 Å². The summed E-state index contributed by atoms with van der Waals surface area (Å²) in [6.45, 7) is 4.57. The maximum Gasteiger partial charge on any atom is 0.273 e. The minimum Gasteiger partial charge on any atom is -0.489 e. The van der Waals surface area contributed by atoms with Gasteiger partial charge in [0.1, 0.15) is 24.7 Å². The molecule has 2 N–H and O–H groups in total. The zero-order valence-corrected chi connectivity index (χ0v) is 21.4. The van der Waals surface area contributed by atoms with Gasteiger partial charge in [-0.15, -0.1) is 5.10 Å². The normalized spacial score (nSPS) is 15.4. The second-order valence-electron chi connectivity index (χ2n) is 8.92. The molecular weight excluding hydrogens is 491 g/mol. The van der Waals surface area contributed by atoms with E-state index in [9.17, 15) is 14.0 Å².